The molecule has 96 valence electrons. The summed E-state index contributed by atoms with van der Waals surface area (Å²) in [4.78, 5) is 15.9. The number of halogens is 1. The van der Waals surface area contributed by atoms with Gasteiger partial charge in [0.2, 0.25) is 5.91 Å². The van der Waals surface area contributed by atoms with Crippen LogP contribution in [0.4, 0.5) is 0 Å². The maximum Gasteiger partial charge on any atom is 0.237 e. The summed E-state index contributed by atoms with van der Waals surface area (Å²) in [6, 6.07) is -0.253. The summed E-state index contributed by atoms with van der Waals surface area (Å²) in [6.07, 6.45) is 1.61. The van der Waals surface area contributed by atoms with E-state index in [2.05, 4.69) is 15.6 Å². The lowest BCUT2D eigenvalue weighted by molar-refractivity contribution is -0.124. The van der Waals surface area contributed by atoms with Crippen LogP contribution in [0.1, 0.15) is 32.7 Å². The lowest BCUT2D eigenvalue weighted by Gasteiger charge is -2.23. The normalized spacial score (nSPS) is 13.5. The van der Waals surface area contributed by atoms with E-state index in [9.17, 15) is 4.79 Å². The van der Waals surface area contributed by atoms with Crippen molar-refractivity contribution in [2.75, 3.05) is 0 Å². The van der Waals surface area contributed by atoms with Crippen LogP contribution in [0.3, 0.4) is 0 Å². The molecule has 1 amide bonds. The van der Waals surface area contributed by atoms with Crippen LogP contribution in [-0.4, -0.2) is 22.5 Å². The van der Waals surface area contributed by atoms with Gasteiger partial charge in [0.25, 0.3) is 0 Å². The first kappa shape index (κ1) is 14.4. The molecular weight excluding hydrogens is 258 g/mol. The summed E-state index contributed by atoms with van der Waals surface area (Å²) in [7, 11) is 0. The molecule has 0 aromatic carbocycles. The number of thiazole rings is 1. The topological polar surface area (TPSA) is 54.0 Å². The molecule has 1 rings (SSSR count). The summed E-state index contributed by atoms with van der Waals surface area (Å²) in [5, 5.41) is 6.91. The molecule has 0 fully saturated rings. The van der Waals surface area contributed by atoms with Gasteiger partial charge in [-0.25, -0.2) is 4.98 Å². The van der Waals surface area contributed by atoms with Gasteiger partial charge in [-0.05, 0) is 27.7 Å². The molecule has 0 bridgehead atoms. The Balaban J connectivity index is 2.39. The van der Waals surface area contributed by atoms with E-state index < -0.39 is 0 Å². The third kappa shape index (κ3) is 5.48. The average Bonchev–Trinajstić information content (AvgIpc) is 2.58. The van der Waals surface area contributed by atoms with E-state index >= 15 is 0 Å². The van der Waals surface area contributed by atoms with Gasteiger partial charge in [0.05, 0.1) is 12.2 Å². The molecule has 1 heterocycles. The van der Waals surface area contributed by atoms with Gasteiger partial charge < -0.3 is 5.32 Å². The summed E-state index contributed by atoms with van der Waals surface area (Å²) in [5.74, 6) is -0.0137. The minimum absolute atomic E-state index is 0.0137. The number of carbonyl (C=O) groups excluding carboxylic acids is 1. The predicted octanol–water partition coefficient (Wildman–Crippen LogP) is 2.19. The first-order chi connectivity index (χ1) is 7.78. The number of carbonyl (C=O) groups is 1. The van der Waals surface area contributed by atoms with Gasteiger partial charge in [-0.1, -0.05) is 11.6 Å². The van der Waals surface area contributed by atoms with Gasteiger partial charge in [-0.3, -0.25) is 10.1 Å². The standard InChI is InChI=1S/C11H18ClN3OS/c1-7(10(16)15-11(2,3)4)13-6-9-14-5-8(12)17-9/h5,7,13H,6H2,1-4H3,(H,15,16). The van der Waals surface area contributed by atoms with Crippen molar-refractivity contribution in [1.29, 1.82) is 0 Å². The smallest absolute Gasteiger partial charge is 0.237 e. The zero-order chi connectivity index (χ0) is 13.1. The van der Waals surface area contributed by atoms with Crippen LogP contribution in [0.5, 0.6) is 0 Å². The Hall–Kier alpha value is -0.650. The zero-order valence-electron chi connectivity index (χ0n) is 10.5. The average molecular weight is 276 g/mol. The molecule has 0 saturated carbocycles. The van der Waals surface area contributed by atoms with Crippen molar-refractivity contribution in [2.45, 2.75) is 45.8 Å². The van der Waals surface area contributed by atoms with E-state index in [0.717, 1.165) is 5.01 Å². The second kappa shape index (κ2) is 5.80. The van der Waals surface area contributed by atoms with Gasteiger partial charge in [-0.15, -0.1) is 11.3 Å². The Morgan fingerprint density at radius 2 is 2.24 bits per heavy atom. The highest BCUT2D eigenvalue weighted by Gasteiger charge is 2.18. The van der Waals surface area contributed by atoms with Crippen molar-refractivity contribution in [1.82, 2.24) is 15.6 Å². The fraction of sp³-hybridized carbons (Fsp3) is 0.636. The highest BCUT2D eigenvalue weighted by molar-refractivity contribution is 7.15. The monoisotopic (exact) mass is 275 g/mol. The van der Waals surface area contributed by atoms with Gasteiger partial charge in [0, 0.05) is 12.1 Å². The highest BCUT2D eigenvalue weighted by Crippen LogP contribution is 2.17. The summed E-state index contributed by atoms with van der Waals surface area (Å²) in [6.45, 7) is 8.25. The minimum Gasteiger partial charge on any atom is -0.350 e. The van der Waals surface area contributed by atoms with Gasteiger partial charge in [-0.2, -0.15) is 0 Å². The molecule has 2 N–H and O–H groups in total. The number of nitrogens with one attached hydrogen (secondary N) is 2. The lowest BCUT2D eigenvalue weighted by Crippen LogP contribution is -2.49. The molecule has 0 radical (unpaired) electrons. The summed E-state index contributed by atoms with van der Waals surface area (Å²) in [5.41, 5.74) is -0.211. The van der Waals surface area contributed by atoms with Gasteiger partial charge in [0.15, 0.2) is 0 Å². The number of aromatic nitrogens is 1. The molecule has 17 heavy (non-hydrogen) atoms. The van der Waals surface area contributed by atoms with Crippen molar-refractivity contribution >= 4 is 28.8 Å². The third-order valence-corrected chi connectivity index (χ3v) is 3.09. The molecule has 6 heteroatoms. The minimum atomic E-state index is -0.253. The molecular formula is C11H18ClN3OS. The summed E-state index contributed by atoms with van der Waals surface area (Å²) < 4.78 is 0.661. The second-order valence-corrected chi connectivity index (χ2v) is 6.65. The fourth-order valence-corrected chi connectivity index (χ4v) is 2.09. The van der Waals surface area contributed by atoms with E-state index in [1.165, 1.54) is 11.3 Å². The Morgan fingerprint density at radius 3 is 2.71 bits per heavy atom. The van der Waals surface area contributed by atoms with Crippen molar-refractivity contribution in [3.8, 4) is 0 Å². The molecule has 0 aliphatic heterocycles. The molecule has 4 nitrogen and oxygen atoms in total. The van der Waals surface area contributed by atoms with Crippen molar-refractivity contribution in [2.24, 2.45) is 0 Å². The molecule has 1 aromatic rings. The molecule has 0 spiro atoms. The van der Waals surface area contributed by atoms with Crippen LogP contribution >= 0.6 is 22.9 Å². The van der Waals surface area contributed by atoms with Gasteiger partial charge >= 0.3 is 0 Å². The van der Waals surface area contributed by atoms with Crippen LogP contribution < -0.4 is 10.6 Å². The Morgan fingerprint density at radius 1 is 1.59 bits per heavy atom. The van der Waals surface area contributed by atoms with Crippen LogP contribution in [0, 0.1) is 0 Å². The molecule has 0 aliphatic carbocycles. The van der Waals surface area contributed by atoms with E-state index in [1.807, 2.05) is 27.7 Å². The number of nitrogens with zero attached hydrogens (tertiary/aromatic N) is 1. The van der Waals surface area contributed by atoms with Crippen LogP contribution in [0.2, 0.25) is 4.34 Å². The maximum atomic E-state index is 11.8. The molecule has 0 aliphatic rings. The van der Waals surface area contributed by atoms with Gasteiger partial charge in [0.1, 0.15) is 9.34 Å². The number of hydrogen-bond acceptors (Lipinski definition) is 4. The molecule has 1 unspecified atom stereocenters. The maximum absolute atomic E-state index is 11.8. The van der Waals surface area contributed by atoms with Crippen molar-refractivity contribution in [3.05, 3.63) is 15.5 Å². The largest absolute Gasteiger partial charge is 0.350 e. The first-order valence-electron chi connectivity index (χ1n) is 5.43. The van der Waals surface area contributed by atoms with Crippen LogP contribution in [0.25, 0.3) is 0 Å². The van der Waals surface area contributed by atoms with Crippen molar-refractivity contribution in [3.63, 3.8) is 0 Å². The SMILES string of the molecule is CC(NCc1ncc(Cl)s1)C(=O)NC(C)(C)C. The van der Waals surface area contributed by atoms with E-state index in [-0.39, 0.29) is 17.5 Å². The van der Waals surface area contributed by atoms with E-state index in [4.69, 9.17) is 11.6 Å². The second-order valence-electron chi connectivity index (χ2n) is 4.90. The molecule has 1 atom stereocenters. The third-order valence-electron chi connectivity index (χ3n) is 1.98. The molecule has 1 aromatic heterocycles. The molecule has 0 saturated heterocycles. The number of hydrogen-bond donors (Lipinski definition) is 2. The number of amides is 1. The van der Waals surface area contributed by atoms with E-state index in [1.54, 1.807) is 6.20 Å². The number of rotatable bonds is 4. The fourth-order valence-electron chi connectivity index (χ4n) is 1.18. The Labute approximate surface area is 111 Å². The Bertz CT molecular complexity index is 386. The van der Waals surface area contributed by atoms with Crippen LogP contribution in [0.15, 0.2) is 6.20 Å². The highest BCUT2D eigenvalue weighted by atomic mass is 35.5. The quantitative estimate of drug-likeness (QED) is 0.886. The van der Waals surface area contributed by atoms with E-state index in [0.29, 0.717) is 10.9 Å². The lowest BCUT2D eigenvalue weighted by atomic mass is 10.1. The Kier molecular flexibility index (Phi) is 4.91. The first-order valence-corrected chi connectivity index (χ1v) is 6.63. The summed E-state index contributed by atoms with van der Waals surface area (Å²) >= 11 is 7.19. The van der Waals surface area contributed by atoms with Crippen LogP contribution in [-0.2, 0) is 11.3 Å². The van der Waals surface area contributed by atoms with Crippen molar-refractivity contribution < 1.29 is 4.79 Å². The predicted molar refractivity (Wildman–Crippen MR) is 71.3 cm³/mol. The zero-order valence-corrected chi connectivity index (χ0v) is 12.1.